The molecule has 0 saturated carbocycles. The molecule has 0 unspecified atom stereocenters. The van der Waals surface area contributed by atoms with Crippen LogP contribution in [0.15, 0.2) is 37.0 Å². The van der Waals surface area contributed by atoms with Gasteiger partial charge in [-0.15, -0.1) is 0 Å². The van der Waals surface area contributed by atoms with E-state index in [0.29, 0.717) is 5.56 Å². The molecule has 114 valence electrons. The number of esters is 1. The Morgan fingerprint density at radius 2 is 2.23 bits per heavy atom. The molecule has 2 aromatic rings. The van der Waals surface area contributed by atoms with E-state index < -0.39 is 11.8 Å². The first-order chi connectivity index (χ1) is 10.6. The summed E-state index contributed by atoms with van der Waals surface area (Å²) in [5.41, 5.74) is 0.537. The number of nitrogens with zero attached hydrogens (tertiary/aromatic N) is 1. The zero-order valence-electron chi connectivity index (χ0n) is 11.8. The second kappa shape index (κ2) is 7.04. The Labute approximate surface area is 132 Å². The smallest absolute Gasteiger partial charge is 0.344 e. The molecule has 0 radical (unpaired) electrons. The van der Waals surface area contributed by atoms with E-state index in [1.54, 1.807) is 13.0 Å². The van der Waals surface area contributed by atoms with Gasteiger partial charge in [0.25, 0.3) is 0 Å². The van der Waals surface area contributed by atoms with Gasteiger partial charge in [0.05, 0.1) is 11.6 Å². The molecular weight excluding hydrogens is 309 g/mol. The average Bonchev–Trinajstić information content (AvgIpc) is 2.51. The van der Waals surface area contributed by atoms with Crippen LogP contribution in [0.4, 0.5) is 4.39 Å². The number of benzene rings is 1. The summed E-state index contributed by atoms with van der Waals surface area (Å²) in [6.07, 6.45) is 2.88. The summed E-state index contributed by atoms with van der Waals surface area (Å²) in [4.78, 5) is 16.1. The van der Waals surface area contributed by atoms with Crippen LogP contribution >= 0.6 is 11.6 Å². The zero-order valence-corrected chi connectivity index (χ0v) is 12.6. The molecule has 4 nitrogen and oxygen atoms in total. The lowest BCUT2D eigenvalue weighted by Gasteiger charge is -2.13. The lowest BCUT2D eigenvalue weighted by atomic mass is 10.1. The molecule has 0 saturated heterocycles. The summed E-state index contributed by atoms with van der Waals surface area (Å²) in [5.74, 6) is -1.59. The molecule has 0 fully saturated rings. The molecule has 1 aromatic heterocycles. The minimum absolute atomic E-state index is 0.0682. The van der Waals surface area contributed by atoms with Gasteiger partial charge in [-0.25, -0.2) is 14.2 Å². The molecule has 22 heavy (non-hydrogen) atoms. The predicted molar refractivity (Wildman–Crippen MR) is 81.8 cm³/mol. The van der Waals surface area contributed by atoms with Crippen LogP contribution in [0.5, 0.6) is 11.6 Å². The Morgan fingerprint density at radius 3 is 2.86 bits per heavy atom. The number of aromatic nitrogens is 1. The van der Waals surface area contributed by atoms with Crippen molar-refractivity contribution in [3.8, 4) is 11.6 Å². The Bertz CT molecular complexity index is 698. The van der Waals surface area contributed by atoms with Crippen LogP contribution in [0.2, 0.25) is 5.02 Å². The van der Waals surface area contributed by atoms with E-state index in [4.69, 9.17) is 21.1 Å². The van der Waals surface area contributed by atoms with Crippen LogP contribution in [0.3, 0.4) is 0 Å². The molecule has 0 aliphatic carbocycles. The van der Waals surface area contributed by atoms with Crippen LogP contribution < -0.4 is 4.74 Å². The van der Waals surface area contributed by atoms with Gasteiger partial charge in [0.1, 0.15) is 5.56 Å². The number of carbonyl (C=O) groups excluding carboxylic acids is 1. The third kappa shape index (κ3) is 3.26. The van der Waals surface area contributed by atoms with Crippen LogP contribution in [-0.4, -0.2) is 17.6 Å². The zero-order chi connectivity index (χ0) is 16.1. The minimum atomic E-state index is -0.659. The lowest BCUT2D eigenvalue weighted by Crippen LogP contribution is -2.10. The van der Waals surface area contributed by atoms with E-state index in [1.165, 1.54) is 30.5 Å². The van der Waals surface area contributed by atoms with E-state index in [1.807, 2.05) is 0 Å². The van der Waals surface area contributed by atoms with Crippen LogP contribution in [0, 0.1) is 5.82 Å². The summed E-state index contributed by atoms with van der Waals surface area (Å²) < 4.78 is 24.2. The fourth-order valence-electron chi connectivity index (χ4n) is 1.79. The highest BCUT2D eigenvalue weighted by Crippen LogP contribution is 2.33. The highest BCUT2D eigenvalue weighted by Gasteiger charge is 2.21. The fraction of sp³-hybridized carbons (Fsp3) is 0.125. The van der Waals surface area contributed by atoms with Crippen molar-refractivity contribution in [3.63, 3.8) is 0 Å². The average molecular weight is 322 g/mol. The lowest BCUT2D eigenvalue weighted by molar-refractivity contribution is 0.0522. The van der Waals surface area contributed by atoms with Crippen molar-refractivity contribution in [2.45, 2.75) is 6.92 Å². The molecule has 1 heterocycles. The molecular formula is C16H13ClFNO3. The molecule has 0 amide bonds. The molecule has 0 N–H and O–H groups in total. The van der Waals surface area contributed by atoms with Gasteiger partial charge in [0.2, 0.25) is 5.88 Å². The van der Waals surface area contributed by atoms with Gasteiger partial charge in [-0.3, -0.25) is 0 Å². The van der Waals surface area contributed by atoms with Crippen molar-refractivity contribution in [1.29, 1.82) is 0 Å². The Morgan fingerprint density at radius 1 is 1.45 bits per heavy atom. The number of carbonyl (C=O) groups is 1. The summed E-state index contributed by atoms with van der Waals surface area (Å²) >= 11 is 5.92. The van der Waals surface area contributed by atoms with Crippen molar-refractivity contribution in [3.05, 3.63) is 59.0 Å². The quantitative estimate of drug-likeness (QED) is 0.761. The number of halogens is 2. The molecule has 2 rings (SSSR count). The molecule has 0 bridgehead atoms. The largest absolute Gasteiger partial charge is 0.462 e. The minimum Gasteiger partial charge on any atom is -0.462 e. The van der Waals surface area contributed by atoms with Crippen LogP contribution in [-0.2, 0) is 4.74 Å². The van der Waals surface area contributed by atoms with Crippen molar-refractivity contribution in [2.75, 3.05) is 6.61 Å². The van der Waals surface area contributed by atoms with Crippen molar-refractivity contribution in [1.82, 2.24) is 4.98 Å². The molecule has 0 atom stereocenters. The van der Waals surface area contributed by atoms with E-state index in [-0.39, 0.29) is 28.8 Å². The number of hydrogen-bond donors (Lipinski definition) is 0. The number of hydrogen-bond acceptors (Lipinski definition) is 4. The first-order valence-electron chi connectivity index (χ1n) is 6.48. The third-order valence-electron chi connectivity index (χ3n) is 2.77. The van der Waals surface area contributed by atoms with Crippen LogP contribution in [0.1, 0.15) is 22.8 Å². The number of rotatable bonds is 5. The Balaban J connectivity index is 2.51. The maximum Gasteiger partial charge on any atom is 0.344 e. The number of ether oxygens (including phenoxy) is 2. The molecule has 0 spiro atoms. The summed E-state index contributed by atoms with van der Waals surface area (Å²) in [5, 5.41) is 0.0700. The second-order valence-electron chi connectivity index (χ2n) is 4.16. The van der Waals surface area contributed by atoms with Gasteiger partial charge in [-0.2, -0.15) is 0 Å². The molecule has 6 heteroatoms. The van der Waals surface area contributed by atoms with E-state index in [2.05, 4.69) is 11.6 Å². The second-order valence-corrected chi connectivity index (χ2v) is 4.56. The van der Waals surface area contributed by atoms with Gasteiger partial charge in [-0.1, -0.05) is 30.3 Å². The molecule has 0 aliphatic heterocycles. The van der Waals surface area contributed by atoms with E-state index in [0.717, 1.165) is 0 Å². The fourth-order valence-corrected chi connectivity index (χ4v) is 1.99. The van der Waals surface area contributed by atoms with Gasteiger partial charge >= 0.3 is 5.97 Å². The van der Waals surface area contributed by atoms with Gasteiger partial charge in [0.15, 0.2) is 11.6 Å². The van der Waals surface area contributed by atoms with Crippen molar-refractivity contribution >= 4 is 23.6 Å². The maximum atomic E-state index is 13.8. The summed E-state index contributed by atoms with van der Waals surface area (Å²) in [6.45, 7) is 5.49. The maximum absolute atomic E-state index is 13.8. The standard InChI is InChI=1S/C16H13ClFNO3/c1-3-10-8-9-19-15(13(10)16(20)21-4-2)22-14-11(17)6-5-7-12(14)18/h3,5-9H,1,4H2,2H3. The van der Waals surface area contributed by atoms with E-state index >= 15 is 0 Å². The first-order valence-corrected chi connectivity index (χ1v) is 6.86. The highest BCUT2D eigenvalue weighted by atomic mass is 35.5. The molecule has 0 aliphatic rings. The van der Waals surface area contributed by atoms with E-state index in [9.17, 15) is 9.18 Å². The summed E-state index contributed by atoms with van der Waals surface area (Å²) in [6, 6.07) is 5.70. The highest BCUT2D eigenvalue weighted by molar-refractivity contribution is 6.32. The van der Waals surface area contributed by atoms with Gasteiger partial charge < -0.3 is 9.47 Å². The normalized spacial score (nSPS) is 10.1. The Hall–Kier alpha value is -2.40. The van der Waals surface area contributed by atoms with Gasteiger partial charge in [0, 0.05) is 6.20 Å². The predicted octanol–water partition coefficient (Wildman–Crippen LogP) is 4.49. The number of para-hydroxylation sites is 1. The Kier molecular flexibility index (Phi) is 5.12. The van der Waals surface area contributed by atoms with Crippen LogP contribution in [0.25, 0.3) is 6.08 Å². The SMILES string of the molecule is C=Cc1ccnc(Oc2c(F)cccc2Cl)c1C(=O)OCC. The van der Waals surface area contributed by atoms with Crippen molar-refractivity contribution in [2.24, 2.45) is 0 Å². The van der Waals surface area contributed by atoms with Crippen molar-refractivity contribution < 1.29 is 18.7 Å². The molecule has 1 aromatic carbocycles. The summed E-state index contributed by atoms with van der Waals surface area (Å²) in [7, 11) is 0. The topological polar surface area (TPSA) is 48.4 Å². The number of pyridine rings is 1. The third-order valence-corrected chi connectivity index (χ3v) is 3.06. The first kappa shape index (κ1) is 16.0. The monoisotopic (exact) mass is 321 g/mol. The van der Waals surface area contributed by atoms with Gasteiger partial charge in [-0.05, 0) is 30.7 Å².